The van der Waals surface area contributed by atoms with Gasteiger partial charge in [0.05, 0.1) is 0 Å². The molecule has 46 heavy (non-hydrogen) atoms. The summed E-state index contributed by atoms with van der Waals surface area (Å²) in [5.41, 5.74) is 8.55. The third-order valence-electron chi connectivity index (χ3n) is 10.9. The van der Waals surface area contributed by atoms with Crippen molar-refractivity contribution in [1.82, 2.24) is 0 Å². The minimum atomic E-state index is -0.702. The normalized spacial score (nSPS) is 18.3. The Labute approximate surface area is 275 Å². The summed E-state index contributed by atoms with van der Waals surface area (Å²) in [6, 6.07) is 32.0. The molecule has 0 saturated heterocycles. The Morgan fingerprint density at radius 2 is 0.957 bits per heavy atom. The van der Waals surface area contributed by atoms with Crippen LogP contribution in [-0.4, -0.2) is 6.16 Å². The first-order chi connectivity index (χ1) is 22.7. The van der Waals surface area contributed by atoms with E-state index in [0.717, 1.165) is 11.1 Å². The third-order valence-corrected chi connectivity index (χ3v) is 10.9. The van der Waals surface area contributed by atoms with Gasteiger partial charge in [-0.05, 0) is 108 Å². The van der Waals surface area contributed by atoms with Crippen LogP contribution in [0.2, 0.25) is 0 Å². The van der Waals surface area contributed by atoms with Gasteiger partial charge in [0.15, 0.2) is 0 Å². The number of carbonyl (C=O) groups excluding carboxylic acids is 1. The molecule has 3 heteroatoms. The van der Waals surface area contributed by atoms with Gasteiger partial charge >= 0.3 is 6.16 Å². The average molecular weight is 613 g/mol. The maximum Gasteiger partial charge on any atom is 0.519 e. The topological polar surface area (TPSA) is 35.5 Å². The Hall–Kier alpha value is -3.85. The van der Waals surface area contributed by atoms with Crippen molar-refractivity contribution >= 4 is 6.16 Å². The summed E-state index contributed by atoms with van der Waals surface area (Å²) in [7, 11) is 0. The molecule has 4 aromatic rings. The molecule has 0 bridgehead atoms. The fourth-order valence-electron chi connectivity index (χ4n) is 8.45. The molecular weight excluding hydrogens is 564 g/mol. The molecule has 0 N–H and O–H groups in total. The summed E-state index contributed by atoms with van der Waals surface area (Å²) >= 11 is 0. The lowest BCUT2D eigenvalue weighted by atomic mass is 9.78. The highest BCUT2D eigenvalue weighted by atomic mass is 16.7. The summed E-state index contributed by atoms with van der Waals surface area (Å²) in [5.74, 6) is 2.83. The molecule has 3 aliphatic carbocycles. The van der Waals surface area contributed by atoms with Crippen molar-refractivity contribution < 1.29 is 14.3 Å². The molecule has 3 saturated carbocycles. The van der Waals surface area contributed by atoms with Crippen molar-refractivity contribution in [2.75, 3.05) is 0 Å². The highest BCUT2D eigenvalue weighted by molar-refractivity contribution is 5.91. The SMILES string of the molecule is O=C(Oc1ccc(C2CCCCC2)cc1)Oc1ccc(C2CCCCC2)c(-c2ccc(C3CCCCC3)cc2)c1-c1ccccc1. The fourth-order valence-corrected chi connectivity index (χ4v) is 8.45. The molecule has 0 spiro atoms. The van der Waals surface area contributed by atoms with E-state index in [1.807, 2.05) is 24.3 Å². The fraction of sp³-hybridized carbons (Fsp3) is 0.419. The van der Waals surface area contributed by atoms with E-state index < -0.39 is 6.16 Å². The van der Waals surface area contributed by atoms with Gasteiger partial charge in [0.1, 0.15) is 11.5 Å². The molecule has 0 atom stereocenters. The first kappa shape index (κ1) is 30.8. The standard InChI is InChI=1S/C43H48O3/c44-43(45-38-27-25-34(26-28-38)32-15-7-2-8-16-32)46-40-30-29-39(35-17-9-3-10-18-35)41(42(40)36-19-11-4-12-20-36)37-23-21-33(22-24-37)31-13-5-1-6-14-31/h4,11-12,19-32,35H,1-3,5-10,13-18H2. The second-order valence-corrected chi connectivity index (χ2v) is 13.9. The van der Waals surface area contributed by atoms with Gasteiger partial charge in [-0.25, -0.2) is 4.79 Å². The molecule has 0 aromatic heterocycles. The highest BCUT2D eigenvalue weighted by Gasteiger charge is 2.26. The zero-order chi connectivity index (χ0) is 31.1. The van der Waals surface area contributed by atoms with Gasteiger partial charge in [0.2, 0.25) is 0 Å². The largest absolute Gasteiger partial charge is 0.519 e. The Balaban J connectivity index is 1.22. The van der Waals surface area contributed by atoms with E-state index in [-0.39, 0.29) is 0 Å². The minimum Gasteiger partial charge on any atom is -0.395 e. The molecule has 4 aromatic carbocycles. The Bertz CT molecular complexity index is 1570. The van der Waals surface area contributed by atoms with Crippen LogP contribution in [0.25, 0.3) is 22.3 Å². The molecule has 3 aliphatic rings. The molecular formula is C43H48O3. The summed E-state index contributed by atoms with van der Waals surface area (Å²) in [4.78, 5) is 13.4. The maximum absolute atomic E-state index is 13.4. The van der Waals surface area contributed by atoms with Crippen LogP contribution in [0.1, 0.15) is 131 Å². The average Bonchev–Trinajstić information content (AvgIpc) is 3.13. The number of hydrogen-bond donors (Lipinski definition) is 0. The van der Waals surface area contributed by atoms with Crippen molar-refractivity contribution in [1.29, 1.82) is 0 Å². The molecule has 3 nitrogen and oxygen atoms in total. The lowest BCUT2D eigenvalue weighted by molar-refractivity contribution is 0.152. The van der Waals surface area contributed by atoms with Crippen molar-refractivity contribution in [2.45, 2.75) is 114 Å². The van der Waals surface area contributed by atoms with Crippen LogP contribution in [0.15, 0.2) is 91.0 Å². The highest BCUT2D eigenvalue weighted by Crippen LogP contribution is 2.47. The van der Waals surface area contributed by atoms with Crippen molar-refractivity contribution in [3.63, 3.8) is 0 Å². The number of hydrogen-bond acceptors (Lipinski definition) is 3. The van der Waals surface area contributed by atoms with Gasteiger partial charge < -0.3 is 9.47 Å². The Kier molecular flexibility index (Phi) is 9.85. The lowest BCUT2D eigenvalue weighted by Gasteiger charge is -2.27. The summed E-state index contributed by atoms with van der Waals surface area (Å²) in [5, 5.41) is 0. The van der Waals surface area contributed by atoms with Crippen LogP contribution in [0.3, 0.4) is 0 Å². The Morgan fingerprint density at radius 1 is 0.457 bits per heavy atom. The molecule has 7 rings (SSSR count). The molecule has 0 radical (unpaired) electrons. The molecule has 238 valence electrons. The number of carbonyl (C=O) groups is 1. The van der Waals surface area contributed by atoms with Crippen LogP contribution in [0.4, 0.5) is 4.79 Å². The van der Waals surface area contributed by atoms with Crippen LogP contribution in [-0.2, 0) is 0 Å². The predicted molar refractivity (Wildman–Crippen MR) is 188 cm³/mol. The van der Waals surface area contributed by atoms with Crippen molar-refractivity contribution in [3.05, 3.63) is 108 Å². The summed E-state index contributed by atoms with van der Waals surface area (Å²) < 4.78 is 11.9. The number of benzene rings is 4. The van der Waals surface area contributed by atoms with E-state index in [9.17, 15) is 4.79 Å². The lowest BCUT2D eigenvalue weighted by Crippen LogP contribution is -2.15. The molecule has 0 amide bonds. The van der Waals surface area contributed by atoms with E-state index in [1.54, 1.807) is 0 Å². The maximum atomic E-state index is 13.4. The van der Waals surface area contributed by atoms with Gasteiger partial charge in [-0.1, -0.05) is 131 Å². The molecule has 0 heterocycles. The number of rotatable bonds is 7. The van der Waals surface area contributed by atoms with E-state index in [4.69, 9.17) is 9.47 Å². The van der Waals surface area contributed by atoms with Crippen LogP contribution < -0.4 is 9.47 Å². The quantitative estimate of drug-likeness (QED) is 0.154. The zero-order valence-electron chi connectivity index (χ0n) is 27.2. The smallest absolute Gasteiger partial charge is 0.395 e. The predicted octanol–water partition coefficient (Wildman–Crippen LogP) is 12.7. The van der Waals surface area contributed by atoms with Crippen LogP contribution in [0.5, 0.6) is 11.5 Å². The zero-order valence-corrected chi connectivity index (χ0v) is 27.2. The second-order valence-electron chi connectivity index (χ2n) is 13.9. The van der Waals surface area contributed by atoms with E-state index in [0.29, 0.717) is 29.3 Å². The van der Waals surface area contributed by atoms with E-state index >= 15 is 0 Å². The number of ether oxygens (including phenoxy) is 2. The third kappa shape index (κ3) is 7.09. The van der Waals surface area contributed by atoms with Gasteiger partial charge in [0, 0.05) is 5.56 Å². The molecule has 0 aliphatic heterocycles. The van der Waals surface area contributed by atoms with Crippen molar-refractivity contribution in [3.8, 4) is 33.8 Å². The first-order valence-electron chi connectivity index (χ1n) is 18.1. The van der Waals surface area contributed by atoms with Gasteiger partial charge in [-0.2, -0.15) is 0 Å². The van der Waals surface area contributed by atoms with Crippen LogP contribution in [0, 0.1) is 0 Å². The first-order valence-corrected chi connectivity index (χ1v) is 18.1. The second kappa shape index (κ2) is 14.7. The molecule has 3 fully saturated rings. The minimum absolute atomic E-state index is 0.493. The van der Waals surface area contributed by atoms with E-state index in [2.05, 4.69) is 66.7 Å². The Morgan fingerprint density at radius 3 is 1.52 bits per heavy atom. The van der Waals surface area contributed by atoms with Gasteiger partial charge in [-0.15, -0.1) is 0 Å². The van der Waals surface area contributed by atoms with Gasteiger partial charge in [0.25, 0.3) is 0 Å². The van der Waals surface area contributed by atoms with Gasteiger partial charge in [-0.3, -0.25) is 0 Å². The monoisotopic (exact) mass is 612 g/mol. The summed E-state index contributed by atoms with van der Waals surface area (Å²) in [6.07, 6.45) is 18.5. The summed E-state index contributed by atoms with van der Waals surface area (Å²) in [6.45, 7) is 0. The van der Waals surface area contributed by atoms with Crippen LogP contribution >= 0.6 is 0 Å². The van der Waals surface area contributed by atoms with E-state index in [1.165, 1.54) is 124 Å². The molecule has 0 unspecified atom stereocenters. The van der Waals surface area contributed by atoms with Crippen molar-refractivity contribution in [2.24, 2.45) is 0 Å².